The van der Waals surface area contributed by atoms with Gasteiger partial charge in [-0.1, -0.05) is 17.7 Å². The third-order valence-electron chi connectivity index (χ3n) is 2.00. The van der Waals surface area contributed by atoms with Crippen LogP contribution in [0.4, 0.5) is 10.5 Å². The molecule has 0 aromatic heterocycles. The Labute approximate surface area is 104 Å². The van der Waals surface area contributed by atoms with Crippen LogP contribution >= 0.6 is 11.6 Å². The number of carbonyl (C=O) groups is 2. The second kappa shape index (κ2) is 6.10. The van der Waals surface area contributed by atoms with Gasteiger partial charge in [0.1, 0.15) is 0 Å². The van der Waals surface area contributed by atoms with E-state index in [1.807, 2.05) is 13.0 Å². The number of urea groups is 1. The van der Waals surface area contributed by atoms with Crippen LogP contribution in [-0.4, -0.2) is 23.7 Å². The molecule has 0 aliphatic rings. The van der Waals surface area contributed by atoms with E-state index in [0.29, 0.717) is 10.7 Å². The number of rotatable bonds is 4. The summed E-state index contributed by atoms with van der Waals surface area (Å²) < 4.78 is 0. The van der Waals surface area contributed by atoms with Gasteiger partial charge in [0.05, 0.1) is 17.1 Å². The number of carboxylic acids is 1. The number of halogens is 1. The molecule has 0 radical (unpaired) electrons. The van der Waals surface area contributed by atoms with Crippen LogP contribution in [0.25, 0.3) is 0 Å². The largest absolute Gasteiger partial charge is 0.481 e. The first-order chi connectivity index (χ1) is 7.99. The maximum absolute atomic E-state index is 11.4. The number of hydrogen-bond acceptors (Lipinski definition) is 2. The third kappa shape index (κ3) is 4.74. The van der Waals surface area contributed by atoms with Gasteiger partial charge in [0.15, 0.2) is 0 Å². The van der Waals surface area contributed by atoms with Gasteiger partial charge in [-0.05, 0) is 24.6 Å². The van der Waals surface area contributed by atoms with Crippen LogP contribution in [0, 0.1) is 6.92 Å². The number of hydrogen-bond donors (Lipinski definition) is 3. The summed E-state index contributed by atoms with van der Waals surface area (Å²) in [6.45, 7) is 1.97. The molecule has 0 fully saturated rings. The van der Waals surface area contributed by atoms with Gasteiger partial charge >= 0.3 is 12.0 Å². The van der Waals surface area contributed by atoms with Gasteiger partial charge in [0.25, 0.3) is 0 Å². The molecule has 6 heteroatoms. The van der Waals surface area contributed by atoms with E-state index < -0.39 is 12.0 Å². The van der Waals surface area contributed by atoms with Gasteiger partial charge in [-0.2, -0.15) is 0 Å². The molecule has 0 aliphatic heterocycles. The fourth-order valence-electron chi connectivity index (χ4n) is 1.17. The average Bonchev–Trinajstić information content (AvgIpc) is 2.21. The summed E-state index contributed by atoms with van der Waals surface area (Å²) in [5.41, 5.74) is 1.48. The fourth-order valence-corrected chi connectivity index (χ4v) is 1.45. The number of aryl methyl sites for hydroxylation is 1. The van der Waals surface area contributed by atoms with Crippen molar-refractivity contribution in [1.29, 1.82) is 0 Å². The van der Waals surface area contributed by atoms with Crippen LogP contribution in [0.3, 0.4) is 0 Å². The second-order valence-electron chi connectivity index (χ2n) is 3.51. The summed E-state index contributed by atoms with van der Waals surface area (Å²) in [7, 11) is 0. The monoisotopic (exact) mass is 256 g/mol. The Bertz CT molecular complexity index is 435. The molecule has 0 unspecified atom stereocenters. The predicted molar refractivity (Wildman–Crippen MR) is 65.5 cm³/mol. The highest BCUT2D eigenvalue weighted by molar-refractivity contribution is 6.33. The van der Waals surface area contributed by atoms with E-state index in [9.17, 15) is 9.59 Å². The molecule has 0 saturated carbocycles. The summed E-state index contributed by atoms with van der Waals surface area (Å²) in [6.07, 6.45) is -0.116. The van der Waals surface area contributed by atoms with Crippen LogP contribution in [0.2, 0.25) is 5.02 Å². The summed E-state index contributed by atoms with van der Waals surface area (Å²) >= 11 is 5.92. The van der Waals surface area contributed by atoms with Crippen LogP contribution in [-0.2, 0) is 4.79 Å². The van der Waals surface area contributed by atoms with Crippen molar-refractivity contribution in [3.63, 3.8) is 0 Å². The van der Waals surface area contributed by atoms with Gasteiger partial charge in [0, 0.05) is 6.54 Å². The minimum atomic E-state index is -0.960. The lowest BCUT2D eigenvalue weighted by atomic mass is 10.2. The number of benzene rings is 1. The first-order valence-corrected chi connectivity index (χ1v) is 5.39. The van der Waals surface area contributed by atoms with Gasteiger partial charge in [-0.25, -0.2) is 4.79 Å². The molecule has 1 aromatic rings. The number of carbonyl (C=O) groups excluding carboxylic acids is 1. The van der Waals surface area contributed by atoms with Crippen molar-refractivity contribution in [2.75, 3.05) is 11.9 Å². The minimum Gasteiger partial charge on any atom is -0.481 e. The van der Waals surface area contributed by atoms with E-state index in [-0.39, 0.29) is 13.0 Å². The zero-order chi connectivity index (χ0) is 12.8. The standard InChI is InChI=1S/C11H13ClN2O3/c1-7-2-3-9(8(12)6-7)14-11(17)13-5-4-10(15)16/h2-3,6H,4-5H2,1H3,(H,15,16)(H2,13,14,17). The maximum atomic E-state index is 11.4. The lowest BCUT2D eigenvalue weighted by molar-refractivity contribution is -0.136. The molecule has 0 saturated heterocycles. The number of nitrogens with one attached hydrogen (secondary N) is 2. The van der Waals surface area contributed by atoms with Crippen LogP contribution < -0.4 is 10.6 Å². The normalized spacial score (nSPS) is 9.76. The topological polar surface area (TPSA) is 78.4 Å². The molecule has 0 bridgehead atoms. The zero-order valence-electron chi connectivity index (χ0n) is 9.29. The number of aliphatic carboxylic acids is 1. The Morgan fingerprint density at radius 3 is 2.71 bits per heavy atom. The Morgan fingerprint density at radius 2 is 2.12 bits per heavy atom. The summed E-state index contributed by atoms with van der Waals surface area (Å²) in [5.74, 6) is -0.960. The minimum absolute atomic E-state index is 0.0741. The molecule has 0 atom stereocenters. The van der Waals surface area contributed by atoms with E-state index in [2.05, 4.69) is 10.6 Å². The quantitative estimate of drug-likeness (QED) is 0.773. The highest BCUT2D eigenvalue weighted by atomic mass is 35.5. The van der Waals surface area contributed by atoms with Crippen molar-refractivity contribution < 1.29 is 14.7 Å². The van der Waals surface area contributed by atoms with Crippen LogP contribution in [0.5, 0.6) is 0 Å². The van der Waals surface area contributed by atoms with Gasteiger partial charge in [-0.3, -0.25) is 4.79 Å². The van der Waals surface area contributed by atoms with Crippen LogP contribution in [0.15, 0.2) is 18.2 Å². The lowest BCUT2D eigenvalue weighted by Gasteiger charge is -2.08. The highest BCUT2D eigenvalue weighted by Gasteiger charge is 2.05. The molecular formula is C11H13ClN2O3. The molecule has 1 rings (SSSR count). The third-order valence-corrected chi connectivity index (χ3v) is 2.31. The molecule has 17 heavy (non-hydrogen) atoms. The molecule has 5 nitrogen and oxygen atoms in total. The molecule has 3 N–H and O–H groups in total. The number of carboxylic acid groups (broad SMARTS) is 1. The van der Waals surface area contributed by atoms with E-state index in [0.717, 1.165) is 5.56 Å². The van der Waals surface area contributed by atoms with Gasteiger partial charge in [0.2, 0.25) is 0 Å². The molecule has 92 valence electrons. The fraction of sp³-hybridized carbons (Fsp3) is 0.273. The number of anilines is 1. The first-order valence-electron chi connectivity index (χ1n) is 5.02. The van der Waals surface area contributed by atoms with E-state index in [4.69, 9.17) is 16.7 Å². The van der Waals surface area contributed by atoms with E-state index in [1.54, 1.807) is 12.1 Å². The van der Waals surface area contributed by atoms with Crippen molar-refractivity contribution in [2.24, 2.45) is 0 Å². The van der Waals surface area contributed by atoms with Gasteiger partial charge < -0.3 is 15.7 Å². The lowest BCUT2D eigenvalue weighted by Crippen LogP contribution is -2.30. The smallest absolute Gasteiger partial charge is 0.319 e. The Balaban J connectivity index is 2.48. The highest BCUT2D eigenvalue weighted by Crippen LogP contribution is 2.22. The second-order valence-corrected chi connectivity index (χ2v) is 3.92. The molecule has 2 amide bonds. The molecule has 0 spiro atoms. The molecule has 0 aliphatic carbocycles. The van der Waals surface area contributed by atoms with Crippen molar-refractivity contribution >= 4 is 29.3 Å². The molecule has 1 aromatic carbocycles. The van der Waals surface area contributed by atoms with Gasteiger partial charge in [-0.15, -0.1) is 0 Å². The summed E-state index contributed by atoms with van der Waals surface area (Å²) in [5, 5.41) is 13.8. The Morgan fingerprint density at radius 1 is 1.41 bits per heavy atom. The SMILES string of the molecule is Cc1ccc(NC(=O)NCCC(=O)O)c(Cl)c1. The Hall–Kier alpha value is -1.75. The van der Waals surface area contributed by atoms with Crippen LogP contribution in [0.1, 0.15) is 12.0 Å². The first kappa shape index (κ1) is 13.3. The van der Waals surface area contributed by atoms with Crippen molar-refractivity contribution in [2.45, 2.75) is 13.3 Å². The molecule has 0 heterocycles. The van der Waals surface area contributed by atoms with Crippen molar-refractivity contribution in [1.82, 2.24) is 5.32 Å². The zero-order valence-corrected chi connectivity index (χ0v) is 10.0. The maximum Gasteiger partial charge on any atom is 0.319 e. The number of amides is 2. The Kier molecular flexibility index (Phi) is 4.78. The average molecular weight is 257 g/mol. The van der Waals surface area contributed by atoms with E-state index >= 15 is 0 Å². The molecular weight excluding hydrogens is 244 g/mol. The van der Waals surface area contributed by atoms with E-state index in [1.165, 1.54) is 0 Å². The van der Waals surface area contributed by atoms with Crippen molar-refractivity contribution in [3.8, 4) is 0 Å². The summed E-state index contributed by atoms with van der Waals surface area (Å²) in [6, 6.07) is 4.76. The summed E-state index contributed by atoms with van der Waals surface area (Å²) in [4.78, 5) is 21.6. The predicted octanol–water partition coefficient (Wildman–Crippen LogP) is 2.24. The van der Waals surface area contributed by atoms with Crippen molar-refractivity contribution in [3.05, 3.63) is 28.8 Å².